The fraction of sp³-hybridized carbons (Fsp3) is 0.769. The van der Waals surface area contributed by atoms with E-state index >= 15 is 0 Å². The van der Waals surface area contributed by atoms with Crippen molar-refractivity contribution in [3.8, 4) is 0 Å². The van der Waals surface area contributed by atoms with Gasteiger partial charge in [-0.3, -0.25) is 9.58 Å². The van der Waals surface area contributed by atoms with E-state index in [1.54, 1.807) is 0 Å². The average molecular weight is 238 g/mol. The van der Waals surface area contributed by atoms with Crippen molar-refractivity contribution < 1.29 is 0 Å². The van der Waals surface area contributed by atoms with E-state index in [1.165, 1.54) is 11.4 Å². The molecule has 0 fully saturated rings. The van der Waals surface area contributed by atoms with Crippen molar-refractivity contribution in [1.82, 2.24) is 14.7 Å². The molecule has 0 bridgehead atoms. The summed E-state index contributed by atoms with van der Waals surface area (Å²) in [4.78, 5) is 2.43. The van der Waals surface area contributed by atoms with Crippen molar-refractivity contribution in [3.63, 3.8) is 0 Å². The predicted octanol–water partition coefficient (Wildman–Crippen LogP) is 1.64. The SMILES string of the molecule is CCc1cc(CN(CC)CCCN)n(CC)n1. The second kappa shape index (κ2) is 7.45. The molecule has 0 unspecified atom stereocenters. The van der Waals surface area contributed by atoms with Gasteiger partial charge >= 0.3 is 0 Å². The Morgan fingerprint density at radius 3 is 2.65 bits per heavy atom. The smallest absolute Gasteiger partial charge is 0.0625 e. The molecule has 0 atom stereocenters. The van der Waals surface area contributed by atoms with E-state index in [9.17, 15) is 0 Å². The fourth-order valence-corrected chi connectivity index (χ4v) is 1.98. The minimum atomic E-state index is 0.768. The number of hydrogen-bond acceptors (Lipinski definition) is 3. The number of hydrogen-bond donors (Lipinski definition) is 1. The van der Waals surface area contributed by atoms with Crippen molar-refractivity contribution in [2.75, 3.05) is 19.6 Å². The van der Waals surface area contributed by atoms with Gasteiger partial charge in [-0.05, 0) is 45.5 Å². The number of aromatic nitrogens is 2. The lowest BCUT2D eigenvalue weighted by atomic mass is 10.3. The largest absolute Gasteiger partial charge is 0.330 e. The molecule has 0 amide bonds. The summed E-state index contributed by atoms with van der Waals surface area (Å²) in [7, 11) is 0. The Labute approximate surface area is 105 Å². The van der Waals surface area contributed by atoms with E-state index in [0.29, 0.717) is 0 Å². The fourth-order valence-electron chi connectivity index (χ4n) is 1.98. The van der Waals surface area contributed by atoms with Gasteiger partial charge in [0.15, 0.2) is 0 Å². The summed E-state index contributed by atoms with van der Waals surface area (Å²) < 4.78 is 2.12. The maximum Gasteiger partial charge on any atom is 0.0625 e. The third kappa shape index (κ3) is 4.13. The summed E-state index contributed by atoms with van der Waals surface area (Å²) in [5, 5.41) is 4.58. The molecule has 1 aromatic rings. The minimum absolute atomic E-state index is 0.768. The first kappa shape index (κ1) is 14.2. The molecule has 0 aliphatic heterocycles. The summed E-state index contributed by atoms with van der Waals surface area (Å²) in [6.45, 7) is 11.3. The van der Waals surface area contributed by atoms with Crippen LogP contribution in [0.3, 0.4) is 0 Å². The second-order valence-electron chi connectivity index (χ2n) is 4.31. The lowest BCUT2D eigenvalue weighted by Gasteiger charge is -2.20. The highest BCUT2D eigenvalue weighted by molar-refractivity contribution is 5.10. The Bertz CT molecular complexity index is 319. The van der Waals surface area contributed by atoms with Gasteiger partial charge in [0.05, 0.1) is 11.4 Å². The Kier molecular flexibility index (Phi) is 6.22. The maximum atomic E-state index is 5.56. The number of aryl methyl sites for hydroxylation is 2. The van der Waals surface area contributed by atoms with Crippen LogP contribution in [0, 0.1) is 0 Å². The van der Waals surface area contributed by atoms with Gasteiger partial charge in [-0.2, -0.15) is 5.10 Å². The average Bonchev–Trinajstić information content (AvgIpc) is 2.76. The van der Waals surface area contributed by atoms with Gasteiger partial charge in [0.25, 0.3) is 0 Å². The van der Waals surface area contributed by atoms with Crippen LogP contribution in [0.5, 0.6) is 0 Å². The number of nitrogens with two attached hydrogens (primary N) is 1. The zero-order valence-electron chi connectivity index (χ0n) is 11.4. The molecule has 1 rings (SSSR count). The highest BCUT2D eigenvalue weighted by Gasteiger charge is 2.09. The van der Waals surface area contributed by atoms with Crippen molar-refractivity contribution in [2.45, 2.75) is 46.7 Å². The molecule has 0 saturated carbocycles. The molecule has 4 heteroatoms. The van der Waals surface area contributed by atoms with Gasteiger partial charge in [-0.25, -0.2) is 0 Å². The van der Waals surface area contributed by atoms with Crippen molar-refractivity contribution in [1.29, 1.82) is 0 Å². The molecule has 0 spiro atoms. The predicted molar refractivity (Wildman–Crippen MR) is 71.9 cm³/mol. The molecule has 4 nitrogen and oxygen atoms in total. The molecule has 0 radical (unpaired) electrons. The monoisotopic (exact) mass is 238 g/mol. The summed E-state index contributed by atoms with van der Waals surface area (Å²) in [5.74, 6) is 0. The Hall–Kier alpha value is -0.870. The molecule has 17 heavy (non-hydrogen) atoms. The van der Waals surface area contributed by atoms with Crippen LogP contribution in [0.15, 0.2) is 6.07 Å². The first-order chi connectivity index (χ1) is 8.24. The van der Waals surface area contributed by atoms with E-state index < -0.39 is 0 Å². The van der Waals surface area contributed by atoms with E-state index in [-0.39, 0.29) is 0 Å². The van der Waals surface area contributed by atoms with Gasteiger partial charge in [-0.15, -0.1) is 0 Å². The van der Waals surface area contributed by atoms with Gasteiger partial charge < -0.3 is 5.73 Å². The molecular weight excluding hydrogens is 212 g/mol. The standard InChI is InChI=1S/C13H26N4/c1-4-12-10-13(17(6-3)15-12)11-16(5-2)9-7-8-14/h10H,4-9,11,14H2,1-3H3. The van der Waals surface area contributed by atoms with Crippen LogP contribution in [0.4, 0.5) is 0 Å². The van der Waals surface area contributed by atoms with E-state index in [0.717, 1.165) is 45.6 Å². The molecule has 1 heterocycles. The second-order valence-corrected chi connectivity index (χ2v) is 4.31. The molecule has 0 aliphatic carbocycles. The first-order valence-electron chi connectivity index (χ1n) is 6.73. The molecule has 0 aliphatic rings. The van der Waals surface area contributed by atoms with Crippen molar-refractivity contribution >= 4 is 0 Å². The third-order valence-electron chi connectivity index (χ3n) is 3.09. The zero-order valence-corrected chi connectivity index (χ0v) is 11.4. The van der Waals surface area contributed by atoms with Gasteiger partial charge in [0, 0.05) is 13.1 Å². The van der Waals surface area contributed by atoms with Crippen LogP contribution >= 0.6 is 0 Å². The summed E-state index contributed by atoms with van der Waals surface area (Å²) in [6, 6.07) is 2.23. The van der Waals surface area contributed by atoms with Crippen molar-refractivity contribution in [2.24, 2.45) is 5.73 Å². The molecular formula is C13H26N4. The van der Waals surface area contributed by atoms with Crippen LogP contribution < -0.4 is 5.73 Å². The zero-order chi connectivity index (χ0) is 12.7. The van der Waals surface area contributed by atoms with Crippen LogP contribution in [-0.2, 0) is 19.5 Å². The van der Waals surface area contributed by atoms with Gasteiger partial charge in [0.1, 0.15) is 0 Å². The Balaban J connectivity index is 2.67. The number of nitrogens with zero attached hydrogens (tertiary/aromatic N) is 3. The van der Waals surface area contributed by atoms with Crippen LogP contribution in [0.2, 0.25) is 0 Å². The molecule has 1 aromatic heterocycles. The van der Waals surface area contributed by atoms with Crippen molar-refractivity contribution in [3.05, 3.63) is 17.5 Å². The molecule has 0 aromatic carbocycles. The molecule has 0 saturated heterocycles. The Morgan fingerprint density at radius 2 is 2.12 bits per heavy atom. The van der Waals surface area contributed by atoms with E-state index in [4.69, 9.17) is 5.73 Å². The highest BCUT2D eigenvalue weighted by atomic mass is 15.3. The maximum absolute atomic E-state index is 5.56. The lowest BCUT2D eigenvalue weighted by molar-refractivity contribution is 0.269. The van der Waals surface area contributed by atoms with Crippen LogP contribution in [-0.4, -0.2) is 34.3 Å². The first-order valence-corrected chi connectivity index (χ1v) is 6.73. The molecule has 2 N–H and O–H groups in total. The van der Waals surface area contributed by atoms with E-state index in [1.807, 2.05) is 0 Å². The summed E-state index contributed by atoms with van der Waals surface area (Å²) >= 11 is 0. The van der Waals surface area contributed by atoms with Gasteiger partial charge in [0.2, 0.25) is 0 Å². The third-order valence-corrected chi connectivity index (χ3v) is 3.09. The normalized spacial score (nSPS) is 11.4. The van der Waals surface area contributed by atoms with Crippen LogP contribution in [0.1, 0.15) is 38.6 Å². The molecule has 98 valence electrons. The van der Waals surface area contributed by atoms with Gasteiger partial charge in [-0.1, -0.05) is 13.8 Å². The van der Waals surface area contributed by atoms with Crippen LogP contribution in [0.25, 0.3) is 0 Å². The topological polar surface area (TPSA) is 47.1 Å². The Morgan fingerprint density at radius 1 is 1.35 bits per heavy atom. The quantitative estimate of drug-likeness (QED) is 0.749. The summed E-state index contributed by atoms with van der Waals surface area (Å²) in [5.41, 5.74) is 8.08. The minimum Gasteiger partial charge on any atom is -0.330 e. The number of rotatable bonds is 8. The van der Waals surface area contributed by atoms with E-state index in [2.05, 4.69) is 41.5 Å². The highest BCUT2D eigenvalue weighted by Crippen LogP contribution is 2.09. The summed E-state index contributed by atoms with van der Waals surface area (Å²) in [6.07, 6.45) is 2.07. The lowest BCUT2D eigenvalue weighted by Crippen LogP contribution is -2.27.